The molecule has 0 N–H and O–H groups in total. The number of ether oxygens (including phenoxy) is 1. The van der Waals surface area contributed by atoms with E-state index in [1.54, 1.807) is 24.1 Å². The third-order valence-corrected chi connectivity index (χ3v) is 3.82. The molecular formula is C20H22N2O2. The number of hydrogen-bond acceptors (Lipinski definition) is 3. The fourth-order valence-electron chi connectivity index (χ4n) is 2.32. The number of nitrogens with zero attached hydrogens (tertiary/aromatic N) is 2. The number of hydrogen-bond donors (Lipinski definition) is 0. The first-order valence-corrected chi connectivity index (χ1v) is 8.01. The molecule has 0 aromatic heterocycles. The predicted molar refractivity (Wildman–Crippen MR) is 93.8 cm³/mol. The lowest BCUT2D eigenvalue weighted by Gasteiger charge is -2.17. The standard InChI is InChI=1S/C20H22N2O2/c1-16-4-3-5-19(14-16)24-13-12-22(2)20(23)11-10-17-6-8-18(15-21)9-7-17/h3-9,14H,10-13H2,1-2H3. The van der Waals surface area contributed by atoms with E-state index in [1.807, 2.05) is 43.3 Å². The molecule has 0 saturated carbocycles. The van der Waals surface area contributed by atoms with E-state index < -0.39 is 0 Å². The second-order valence-electron chi connectivity index (χ2n) is 5.79. The van der Waals surface area contributed by atoms with E-state index in [1.165, 1.54) is 0 Å². The highest BCUT2D eigenvalue weighted by Crippen LogP contribution is 2.12. The first-order valence-electron chi connectivity index (χ1n) is 8.01. The van der Waals surface area contributed by atoms with Crippen molar-refractivity contribution in [1.82, 2.24) is 4.90 Å². The lowest BCUT2D eigenvalue weighted by molar-refractivity contribution is -0.130. The van der Waals surface area contributed by atoms with Crippen LogP contribution in [0.5, 0.6) is 5.75 Å². The summed E-state index contributed by atoms with van der Waals surface area (Å²) in [4.78, 5) is 13.8. The highest BCUT2D eigenvalue weighted by molar-refractivity contribution is 5.76. The van der Waals surface area contributed by atoms with Crippen LogP contribution >= 0.6 is 0 Å². The van der Waals surface area contributed by atoms with Gasteiger partial charge in [0.1, 0.15) is 12.4 Å². The van der Waals surface area contributed by atoms with Crippen LogP contribution in [0.25, 0.3) is 0 Å². The van der Waals surface area contributed by atoms with E-state index in [-0.39, 0.29) is 5.91 Å². The Morgan fingerprint density at radius 3 is 2.62 bits per heavy atom. The Bertz CT molecular complexity index is 717. The molecule has 0 bridgehead atoms. The minimum atomic E-state index is 0.0900. The lowest BCUT2D eigenvalue weighted by Crippen LogP contribution is -2.31. The van der Waals surface area contributed by atoms with Gasteiger partial charge >= 0.3 is 0 Å². The molecule has 2 rings (SSSR count). The molecule has 0 radical (unpaired) electrons. The molecule has 0 saturated heterocycles. The minimum absolute atomic E-state index is 0.0900. The van der Waals surface area contributed by atoms with Gasteiger partial charge in [-0.3, -0.25) is 4.79 Å². The van der Waals surface area contributed by atoms with Crippen molar-refractivity contribution in [3.05, 3.63) is 65.2 Å². The normalized spacial score (nSPS) is 10.0. The van der Waals surface area contributed by atoms with Crippen molar-refractivity contribution in [2.75, 3.05) is 20.2 Å². The highest BCUT2D eigenvalue weighted by Gasteiger charge is 2.09. The maximum absolute atomic E-state index is 12.2. The van der Waals surface area contributed by atoms with Crippen molar-refractivity contribution in [2.24, 2.45) is 0 Å². The van der Waals surface area contributed by atoms with Crippen molar-refractivity contribution in [3.63, 3.8) is 0 Å². The summed E-state index contributed by atoms with van der Waals surface area (Å²) >= 11 is 0. The van der Waals surface area contributed by atoms with Gasteiger partial charge in [0.15, 0.2) is 0 Å². The van der Waals surface area contributed by atoms with E-state index in [0.717, 1.165) is 16.9 Å². The molecule has 2 aromatic rings. The third-order valence-electron chi connectivity index (χ3n) is 3.82. The molecule has 0 spiro atoms. The Balaban J connectivity index is 1.72. The summed E-state index contributed by atoms with van der Waals surface area (Å²) in [6.07, 6.45) is 1.13. The zero-order valence-corrected chi connectivity index (χ0v) is 14.2. The quantitative estimate of drug-likeness (QED) is 0.785. The number of benzene rings is 2. The molecule has 0 aliphatic heterocycles. The molecule has 1 amide bonds. The zero-order valence-electron chi connectivity index (χ0n) is 14.2. The van der Waals surface area contributed by atoms with Gasteiger partial charge in [-0.2, -0.15) is 5.26 Å². The molecule has 24 heavy (non-hydrogen) atoms. The number of rotatable bonds is 7. The number of carbonyl (C=O) groups is 1. The van der Waals surface area contributed by atoms with Gasteiger partial charge in [0.05, 0.1) is 18.2 Å². The number of likely N-dealkylation sites (N-methyl/N-ethyl adjacent to an activating group) is 1. The minimum Gasteiger partial charge on any atom is -0.492 e. The fourth-order valence-corrected chi connectivity index (χ4v) is 2.32. The fraction of sp³-hybridized carbons (Fsp3) is 0.300. The first-order chi connectivity index (χ1) is 11.6. The first kappa shape index (κ1) is 17.6. The monoisotopic (exact) mass is 322 g/mol. The van der Waals surface area contributed by atoms with Crippen LogP contribution < -0.4 is 4.74 Å². The van der Waals surface area contributed by atoms with E-state index in [9.17, 15) is 4.79 Å². The Morgan fingerprint density at radius 2 is 1.96 bits per heavy atom. The summed E-state index contributed by atoms with van der Waals surface area (Å²) in [5.41, 5.74) is 2.85. The van der Waals surface area contributed by atoms with Gasteiger partial charge in [0.2, 0.25) is 5.91 Å². The van der Waals surface area contributed by atoms with Gasteiger partial charge in [-0.25, -0.2) is 0 Å². The predicted octanol–water partition coefficient (Wildman–Crippen LogP) is 3.34. The highest BCUT2D eigenvalue weighted by atomic mass is 16.5. The second kappa shape index (κ2) is 8.73. The van der Waals surface area contributed by atoms with Crippen molar-refractivity contribution in [2.45, 2.75) is 19.8 Å². The van der Waals surface area contributed by atoms with Crippen LogP contribution in [0.15, 0.2) is 48.5 Å². The van der Waals surface area contributed by atoms with Crippen molar-refractivity contribution < 1.29 is 9.53 Å². The summed E-state index contributed by atoms with van der Waals surface area (Å²) < 4.78 is 5.67. The van der Waals surface area contributed by atoms with Crippen LogP contribution in [0, 0.1) is 18.3 Å². The molecule has 0 unspecified atom stereocenters. The molecule has 4 nitrogen and oxygen atoms in total. The Kier molecular flexibility index (Phi) is 6.39. The van der Waals surface area contributed by atoms with Gasteiger partial charge in [-0.05, 0) is 48.7 Å². The topological polar surface area (TPSA) is 53.3 Å². The third kappa shape index (κ3) is 5.44. The van der Waals surface area contributed by atoms with E-state index in [0.29, 0.717) is 31.6 Å². The second-order valence-corrected chi connectivity index (χ2v) is 5.79. The van der Waals surface area contributed by atoms with Crippen molar-refractivity contribution in [3.8, 4) is 11.8 Å². The van der Waals surface area contributed by atoms with Gasteiger partial charge in [-0.1, -0.05) is 24.3 Å². The number of aryl methyl sites for hydroxylation is 2. The van der Waals surface area contributed by atoms with Crippen LogP contribution in [0.1, 0.15) is 23.1 Å². The number of nitriles is 1. The number of carbonyl (C=O) groups excluding carboxylic acids is 1. The van der Waals surface area contributed by atoms with Gasteiger partial charge in [0, 0.05) is 13.5 Å². The molecule has 0 aliphatic rings. The van der Waals surface area contributed by atoms with E-state index in [4.69, 9.17) is 10.00 Å². The number of amides is 1. The molecule has 0 aliphatic carbocycles. The van der Waals surface area contributed by atoms with Gasteiger partial charge in [0.25, 0.3) is 0 Å². The van der Waals surface area contributed by atoms with Crippen LogP contribution in [-0.2, 0) is 11.2 Å². The summed E-state index contributed by atoms with van der Waals surface area (Å²) in [7, 11) is 1.79. The van der Waals surface area contributed by atoms with Gasteiger partial charge in [-0.15, -0.1) is 0 Å². The Labute approximate surface area is 143 Å². The van der Waals surface area contributed by atoms with Crippen LogP contribution in [0.4, 0.5) is 0 Å². The lowest BCUT2D eigenvalue weighted by atomic mass is 10.1. The van der Waals surface area contributed by atoms with Crippen LogP contribution in [0.2, 0.25) is 0 Å². The van der Waals surface area contributed by atoms with E-state index >= 15 is 0 Å². The molecule has 0 fully saturated rings. The molecule has 0 heterocycles. The molecule has 0 atom stereocenters. The van der Waals surface area contributed by atoms with Gasteiger partial charge < -0.3 is 9.64 Å². The summed E-state index contributed by atoms with van der Waals surface area (Å²) in [6, 6.07) is 17.3. The SMILES string of the molecule is Cc1cccc(OCCN(C)C(=O)CCc2ccc(C#N)cc2)c1. The van der Waals surface area contributed by atoms with Crippen molar-refractivity contribution >= 4 is 5.91 Å². The maximum Gasteiger partial charge on any atom is 0.222 e. The van der Waals surface area contributed by atoms with Crippen LogP contribution in [-0.4, -0.2) is 31.0 Å². The summed E-state index contributed by atoms with van der Waals surface area (Å²) in [5.74, 6) is 0.917. The molecule has 4 heteroatoms. The zero-order chi connectivity index (χ0) is 17.4. The average Bonchev–Trinajstić information content (AvgIpc) is 2.60. The Morgan fingerprint density at radius 1 is 1.21 bits per heavy atom. The van der Waals surface area contributed by atoms with Crippen LogP contribution in [0.3, 0.4) is 0 Å². The maximum atomic E-state index is 12.2. The average molecular weight is 322 g/mol. The molecule has 124 valence electrons. The Hall–Kier alpha value is -2.80. The van der Waals surface area contributed by atoms with Crippen molar-refractivity contribution in [1.29, 1.82) is 5.26 Å². The summed E-state index contributed by atoms with van der Waals surface area (Å²) in [5, 5.41) is 8.78. The molecule has 2 aromatic carbocycles. The smallest absolute Gasteiger partial charge is 0.222 e. The largest absolute Gasteiger partial charge is 0.492 e. The van der Waals surface area contributed by atoms with E-state index in [2.05, 4.69) is 6.07 Å². The molecular weight excluding hydrogens is 300 g/mol. The summed E-state index contributed by atoms with van der Waals surface area (Å²) in [6.45, 7) is 3.05.